The maximum Gasteiger partial charge on any atom is 0.250 e. The SMILES string of the molecule is CCOC(CBr)Oc1c(OC)ccc(C=O)c1-c1ccc(O[Si](C)(C)C(C)(C)C)cc1. The summed E-state index contributed by atoms with van der Waals surface area (Å²) in [6, 6.07) is 11.2. The van der Waals surface area contributed by atoms with Crippen molar-refractivity contribution in [2.45, 2.75) is 52.1 Å². The van der Waals surface area contributed by atoms with E-state index < -0.39 is 14.6 Å². The van der Waals surface area contributed by atoms with Gasteiger partial charge in [0.15, 0.2) is 17.8 Å². The topological polar surface area (TPSA) is 54.0 Å². The Morgan fingerprint density at radius 2 is 1.74 bits per heavy atom. The van der Waals surface area contributed by atoms with Crippen LogP contribution in [0.5, 0.6) is 17.2 Å². The lowest BCUT2D eigenvalue weighted by molar-refractivity contribution is -0.0577. The third-order valence-corrected chi connectivity index (χ3v) is 10.4. The fourth-order valence-electron chi connectivity index (χ4n) is 2.82. The normalized spacial score (nSPS) is 12.9. The number of methoxy groups -OCH3 is 1. The summed E-state index contributed by atoms with van der Waals surface area (Å²) in [6.07, 6.45) is 0.312. The fourth-order valence-corrected chi connectivity index (χ4v) is 4.17. The van der Waals surface area contributed by atoms with E-state index in [1.165, 1.54) is 0 Å². The van der Waals surface area contributed by atoms with Crippen LogP contribution in [0.4, 0.5) is 0 Å². The molecule has 0 spiro atoms. The van der Waals surface area contributed by atoms with Crippen LogP contribution in [0.25, 0.3) is 11.1 Å². The van der Waals surface area contributed by atoms with Gasteiger partial charge in [-0.05, 0) is 54.9 Å². The molecule has 0 aliphatic carbocycles. The predicted octanol–water partition coefficient (Wildman–Crippen LogP) is 6.70. The fraction of sp³-hybridized carbons (Fsp3) is 0.458. The molecule has 0 radical (unpaired) electrons. The van der Waals surface area contributed by atoms with Crippen LogP contribution in [0.1, 0.15) is 38.1 Å². The summed E-state index contributed by atoms with van der Waals surface area (Å²) in [7, 11) is -0.368. The van der Waals surface area contributed by atoms with Gasteiger partial charge in [0.05, 0.1) is 12.4 Å². The minimum atomic E-state index is -1.94. The lowest BCUT2D eigenvalue weighted by atomic mass is 9.98. The Hall–Kier alpha value is -1.83. The molecule has 0 heterocycles. The maximum absolute atomic E-state index is 11.8. The molecule has 2 rings (SSSR count). The van der Waals surface area contributed by atoms with Gasteiger partial charge in [0.25, 0.3) is 0 Å². The molecule has 0 amide bonds. The van der Waals surface area contributed by atoms with E-state index in [0.29, 0.717) is 34.6 Å². The first-order valence-corrected chi connectivity index (χ1v) is 14.4. The number of rotatable bonds is 10. The Kier molecular flexibility index (Phi) is 8.74. The molecule has 0 N–H and O–H groups in total. The Morgan fingerprint density at radius 3 is 2.23 bits per heavy atom. The summed E-state index contributed by atoms with van der Waals surface area (Å²) in [5, 5.41) is 0.585. The molecule has 170 valence electrons. The third-order valence-electron chi connectivity index (χ3n) is 5.55. The highest BCUT2D eigenvalue weighted by atomic mass is 79.9. The van der Waals surface area contributed by atoms with Crippen LogP contribution >= 0.6 is 15.9 Å². The molecule has 0 saturated heterocycles. The second-order valence-corrected chi connectivity index (χ2v) is 14.1. The largest absolute Gasteiger partial charge is 0.544 e. The van der Waals surface area contributed by atoms with E-state index in [9.17, 15) is 4.79 Å². The molecule has 0 saturated carbocycles. The van der Waals surface area contributed by atoms with Crippen LogP contribution in [0.2, 0.25) is 18.1 Å². The van der Waals surface area contributed by atoms with Crippen molar-refractivity contribution >= 4 is 30.5 Å². The number of ether oxygens (including phenoxy) is 3. The van der Waals surface area contributed by atoms with Gasteiger partial charge in [-0.25, -0.2) is 0 Å². The van der Waals surface area contributed by atoms with Crippen LogP contribution in [0.15, 0.2) is 36.4 Å². The number of benzene rings is 2. The Balaban J connectivity index is 2.50. The van der Waals surface area contributed by atoms with Crippen molar-refractivity contribution in [3.05, 3.63) is 42.0 Å². The second-order valence-electron chi connectivity index (χ2n) is 8.72. The lowest BCUT2D eigenvalue weighted by Crippen LogP contribution is -2.43. The van der Waals surface area contributed by atoms with Gasteiger partial charge in [-0.2, -0.15) is 0 Å². The van der Waals surface area contributed by atoms with E-state index >= 15 is 0 Å². The third kappa shape index (κ3) is 6.11. The first-order valence-electron chi connectivity index (χ1n) is 10.4. The van der Waals surface area contributed by atoms with E-state index in [1.54, 1.807) is 19.2 Å². The molecule has 5 nitrogen and oxygen atoms in total. The van der Waals surface area contributed by atoms with E-state index in [-0.39, 0.29) is 5.04 Å². The van der Waals surface area contributed by atoms with Crippen LogP contribution in [0.3, 0.4) is 0 Å². The number of halogens is 1. The van der Waals surface area contributed by atoms with Crippen LogP contribution in [-0.2, 0) is 4.74 Å². The maximum atomic E-state index is 11.8. The molecular formula is C24H33BrO5Si. The summed E-state index contributed by atoms with van der Waals surface area (Å²) >= 11 is 3.42. The van der Waals surface area contributed by atoms with Gasteiger partial charge >= 0.3 is 0 Å². The van der Waals surface area contributed by atoms with Crippen molar-refractivity contribution < 1.29 is 23.4 Å². The van der Waals surface area contributed by atoms with Gasteiger partial charge in [-0.1, -0.05) is 48.8 Å². The summed E-state index contributed by atoms with van der Waals surface area (Å²) < 4.78 is 23.7. The van der Waals surface area contributed by atoms with Crippen molar-refractivity contribution in [2.24, 2.45) is 0 Å². The molecule has 2 aromatic rings. The highest BCUT2D eigenvalue weighted by molar-refractivity contribution is 9.09. The standard InChI is InChI=1S/C24H33BrO5Si/c1-8-28-21(15-25)29-23-20(27-5)14-11-18(16-26)22(23)17-9-12-19(13-10-17)30-31(6,7)24(2,3)4/h9-14,16,21H,8,15H2,1-7H3. The van der Waals surface area contributed by atoms with Crippen LogP contribution in [-0.4, -0.2) is 39.9 Å². The van der Waals surface area contributed by atoms with Crippen LogP contribution in [0, 0.1) is 0 Å². The van der Waals surface area contributed by atoms with Gasteiger partial charge < -0.3 is 18.6 Å². The first-order chi connectivity index (χ1) is 14.6. The minimum Gasteiger partial charge on any atom is -0.544 e. The summed E-state index contributed by atoms with van der Waals surface area (Å²) in [5.74, 6) is 1.83. The monoisotopic (exact) mass is 508 g/mol. The Morgan fingerprint density at radius 1 is 1.10 bits per heavy atom. The average molecular weight is 510 g/mol. The second kappa shape index (κ2) is 10.7. The van der Waals surface area contributed by atoms with Gasteiger partial charge in [-0.15, -0.1) is 0 Å². The van der Waals surface area contributed by atoms with Gasteiger partial charge in [0.2, 0.25) is 14.6 Å². The zero-order valence-electron chi connectivity index (χ0n) is 19.5. The zero-order chi connectivity index (χ0) is 23.2. The molecule has 0 fully saturated rings. The zero-order valence-corrected chi connectivity index (χ0v) is 22.0. The number of alkyl halides is 1. The highest BCUT2D eigenvalue weighted by Gasteiger charge is 2.39. The molecule has 0 bridgehead atoms. The molecule has 0 aliphatic rings. The number of carbonyl (C=O) groups excluding carboxylic acids is 1. The van der Waals surface area contributed by atoms with Crippen molar-refractivity contribution in [1.82, 2.24) is 0 Å². The average Bonchev–Trinajstić information content (AvgIpc) is 2.72. The van der Waals surface area contributed by atoms with E-state index in [4.69, 9.17) is 18.6 Å². The minimum absolute atomic E-state index is 0.105. The quantitative estimate of drug-likeness (QED) is 0.155. The molecule has 1 atom stereocenters. The molecular weight excluding hydrogens is 476 g/mol. The number of hydrogen-bond acceptors (Lipinski definition) is 5. The molecule has 7 heteroatoms. The molecule has 0 aromatic heterocycles. The summed E-state index contributed by atoms with van der Waals surface area (Å²) in [4.78, 5) is 11.8. The van der Waals surface area contributed by atoms with E-state index in [0.717, 1.165) is 17.6 Å². The van der Waals surface area contributed by atoms with Gasteiger partial charge in [0.1, 0.15) is 5.75 Å². The van der Waals surface area contributed by atoms with E-state index in [2.05, 4.69) is 49.8 Å². The Bertz CT molecular complexity index is 875. The van der Waals surface area contributed by atoms with Crippen molar-refractivity contribution in [3.8, 4) is 28.4 Å². The molecule has 0 aliphatic heterocycles. The van der Waals surface area contributed by atoms with Gasteiger partial charge in [0, 0.05) is 17.7 Å². The smallest absolute Gasteiger partial charge is 0.250 e. The van der Waals surface area contributed by atoms with Crippen LogP contribution < -0.4 is 13.9 Å². The van der Waals surface area contributed by atoms with Crippen molar-refractivity contribution in [1.29, 1.82) is 0 Å². The molecule has 31 heavy (non-hydrogen) atoms. The van der Waals surface area contributed by atoms with E-state index in [1.807, 2.05) is 31.2 Å². The first kappa shape index (κ1) is 25.4. The summed E-state index contributed by atoms with van der Waals surface area (Å²) in [5.41, 5.74) is 2.01. The van der Waals surface area contributed by atoms with Crippen molar-refractivity contribution in [3.63, 3.8) is 0 Å². The predicted molar refractivity (Wildman–Crippen MR) is 131 cm³/mol. The molecule has 2 aromatic carbocycles. The number of carbonyl (C=O) groups is 1. The number of aldehydes is 1. The number of hydrogen-bond donors (Lipinski definition) is 0. The lowest BCUT2D eigenvalue weighted by Gasteiger charge is -2.36. The molecule has 1 unspecified atom stereocenters. The van der Waals surface area contributed by atoms with Crippen molar-refractivity contribution in [2.75, 3.05) is 19.0 Å². The van der Waals surface area contributed by atoms with Gasteiger partial charge in [-0.3, -0.25) is 4.79 Å². The Labute approximate surface area is 195 Å². The highest BCUT2D eigenvalue weighted by Crippen LogP contribution is 2.42. The summed E-state index contributed by atoms with van der Waals surface area (Å²) in [6.45, 7) is 13.5.